The highest BCUT2D eigenvalue weighted by molar-refractivity contribution is 9.10. The number of nitrogens with one attached hydrogen (secondary N) is 2. The summed E-state index contributed by atoms with van der Waals surface area (Å²) in [6.45, 7) is 0.933. The first-order chi connectivity index (χ1) is 12.4. The van der Waals surface area contributed by atoms with E-state index in [0.29, 0.717) is 17.9 Å². The number of carbonyl (C=O) groups excluding carboxylic acids is 1. The number of sulfonamides is 1. The molecule has 2 aromatic rings. The summed E-state index contributed by atoms with van der Waals surface area (Å²) in [6.07, 6.45) is 1.74. The number of amides is 1. The van der Waals surface area contributed by atoms with E-state index < -0.39 is 10.0 Å². The van der Waals surface area contributed by atoms with Crippen molar-refractivity contribution in [3.8, 4) is 0 Å². The van der Waals surface area contributed by atoms with E-state index in [2.05, 4.69) is 26.0 Å². The Balaban J connectivity index is 1.63. The number of hydrogen-bond acceptors (Lipinski definition) is 4. The molecule has 3 rings (SSSR count). The maximum atomic E-state index is 12.3. The lowest BCUT2D eigenvalue weighted by molar-refractivity contribution is 0.102. The van der Waals surface area contributed by atoms with Gasteiger partial charge >= 0.3 is 0 Å². The van der Waals surface area contributed by atoms with Gasteiger partial charge in [-0.25, -0.2) is 13.1 Å². The van der Waals surface area contributed by atoms with E-state index >= 15 is 0 Å². The van der Waals surface area contributed by atoms with Gasteiger partial charge in [0.1, 0.15) is 0 Å². The van der Waals surface area contributed by atoms with Gasteiger partial charge in [-0.15, -0.1) is 0 Å². The number of ether oxygens (including phenoxy) is 1. The van der Waals surface area contributed by atoms with E-state index in [9.17, 15) is 13.2 Å². The number of benzene rings is 2. The molecule has 138 valence electrons. The minimum absolute atomic E-state index is 0.0688. The monoisotopic (exact) mass is 438 g/mol. The Morgan fingerprint density at radius 3 is 2.42 bits per heavy atom. The van der Waals surface area contributed by atoms with Crippen LogP contribution < -0.4 is 10.0 Å². The quantitative estimate of drug-likeness (QED) is 0.725. The van der Waals surface area contributed by atoms with E-state index in [1.165, 1.54) is 24.3 Å². The highest BCUT2D eigenvalue weighted by Gasteiger charge is 2.20. The molecule has 1 aliphatic rings. The second-order valence-corrected chi connectivity index (χ2v) is 8.65. The standard InChI is InChI=1S/C18H19BrN2O4S/c19-14-5-7-15(8-6-14)21-18(22)13-3-9-17(10-4-13)26(23,24)20-12-16-2-1-11-25-16/h3-10,16,20H,1-2,11-12H2,(H,21,22). The van der Waals surface area contributed by atoms with Crippen molar-refractivity contribution in [2.45, 2.75) is 23.8 Å². The first-order valence-corrected chi connectivity index (χ1v) is 10.5. The number of halogens is 1. The Morgan fingerprint density at radius 1 is 1.12 bits per heavy atom. The SMILES string of the molecule is O=C(Nc1ccc(Br)cc1)c1ccc(S(=O)(=O)NCC2CCCO2)cc1. The summed E-state index contributed by atoms with van der Waals surface area (Å²) in [5, 5.41) is 2.76. The van der Waals surface area contributed by atoms with E-state index in [0.717, 1.165) is 17.3 Å². The first-order valence-electron chi connectivity index (χ1n) is 8.22. The molecular formula is C18H19BrN2O4S. The molecule has 26 heavy (non-hydrogen) atoms. The van der Waals surface area contributed by atoms with Gasteiger partial charge in [-0.1, -0.05) is 15.9 Å². The van der Waals surface area contributed by atoms with Crippen LogP contribution in [0.1, 0.15) is 23.2 Å². The molecule has 0 saturated carbocycles. The van der Waals surface area contributed by atoms with Crippen molar-refractivity contribution >= 4 is 37.5 Å². The largest absolute Gasteiger partial charge is 0.377 e. The lowest BCUT2D eigenvalue weighted by Gasteiger charge is -2.12. The van der Waals surface area contributed by atoms with Crippen LogP contribution in [0, 0.1) is 0 Å². The molecule has 0 aliphatic carbocycles. The minimum atomic E-state index is -3.62. The second-order valence-electron chi connectivity index (χ2n) is 5.97. The van der Waals surface area contributed by atoms with E-state index in [-0.39, 0.29) is 23.5 Å². The zero-order valence-electron chi connectivity index (χ0n) is 13.9. The fourth-order valence-corrected chi connectivity index (χ4v) is 3.94. The van der Waals surface area contributed by atoms with E-state index in [4.69, 9.17) is 4.74 Å². The van der Waals surface area contributed by atoms with Crippen molar-refractivity contribution in [1.82, 2.24) is 4.72 Å². The van der Waals surface area contributed by atoms with Crippen molar-refractivity contribution in [1.29, 1.82) is 0 Å². The summed E-state index contributed by atoms with van der Waals surface area (Å²) in [5.74, 6) is -0.302. The molecule has 0 spiro atoms. The summed E-state index contributed by atoms with van der Waals surface area (Å²) in [7, 11) is -3.62. The highest BCUT2D eigenvalue weighted by atomic mass is 79.9. The van der Waals surface area contributed by atoms with Gasteiger partial charge in [0.05, 0.1) is 11.0 Å². The van der Waals surface area contributed by atoms with Crippen LogP contribution in [0.3, 0.4) is 0 Å². The van der Waals surface area contributed by atoms with Gasteiger partial charge in [0.15, 0.2) is 0 Å². The molecule has 1 heterocycles. The number of hydrogen-bond donors (Lipinski definition) is 2. The molecule has 1 unspecified atom stereocenters. The number of carbonyl (C=O) groups is 1. The van der Waals surface area contributed by atoms with Gasteiger partial charge in [-0.3, -0.25) is 4.79 Å². The molecule has 2 N–H and O–H groups in total. The normalized spacial score (nSPS) is 17.2. The van der Waals surface area contributed by atoms with Crippen molar-refractivity contribution in [2.24, 2.45) is 0 Å². The predicted molar refractivity (Wildman–Crippen MR) is 103 cm³/mol. The van der Waals surface area contributed by atoms with Crippen LogP contribution in [-0.2, 0) is 14.8 Å². The van der Waals surface area contributed by atoms with Gasteiger partial charge in [-0.05, 0) is 61.4 Å². The smallest absolute Gasteiger partial charge is 0.255 e. The van der Waals surface area contributed by atoms with Crippen LogP contribution in [0.25, 0.3) is 0 Å². The molecular weight excluding hydrogens is 420 g/mol. The number of anilines is 1. The molecule has 1 fully saturated rings. The van der Waals surface area contributed by atoms with Gasteiger partial charge < -0.3 is 10.1 Å². The summed E-state index contributed by atoms with van der Waals surface area (Å²) in [6, 6.07) is 13.0. The summed E-state index contributed by atoms with van der Waals surface area (Å²) in [5.41, 5.74) is 1.04. The van der Waals surface area contributed by atoms with Crippen LogP contribution in [0.5, 0.6) is 0 Å². The summed E-state index contributed by atoms with van der Waals surface area (Å²) < 4.78 is 33.5. The van der Waals surface area contributed by atoms with Crippen molar-refractivity contribution in [2.75, 3.05) is 18.5 Å². The Labute approximate surface area is 161 Å². The van der Waals surface area contributed by atoms with Crippen molar-refractivity contribution in [3.05, 3.63) is 58.6 Å². The number of rotatable bonds is 6. The van der Waals surface area contributed by atoms with Crippen molar-refractivity contribution < 1.29 is 17.9 Å². The van der Waals surface area contributed by atoms with Gasteiger partial charge in [0.25, 0.3) is 5.91 Å². The Hall–Kier alpha value is -1.74. The van der Waals surface area contributed by atoms with Crippen LogP contribution in [-0.4, -0.2) is 33.6 Å². The summed E-state index contributed by atoms with van der Waals surface area (Å²) in [4.78, 5) is 12.4. The lowest BCUT2D eigenvalue weighted by atomic mass is 10.2. The Bertz CT molecular complexity index is 861. The lowest BCUT2D eigenvalue weighted by Crippen LogP contribution is -2.31. The fourth-order valence-electron chi connectivity index (χ4n) is 2.61. The van der Waals surface area contributed by atoms with Crippen LogP contribution in [0.15, 0.2) is 57.9 Å². The minimum Gasteiger partial charge on any atom is -0.377 e. The molecule has 0 bridgehead atoms. The first kappa shape index (κ1) is 19.0. The predicted octanol–water partition coefficient (Wildman–Crippen LogP) is 3.16. The molecule has 6 nitrogen and oxygen atoms in total. The topological polar surface area (TPSA) is 84.5 Å². The highest BCUT2D eigenvalue weighted by Crippen LogP contribution is 2.17. The maximum absolute atomic E-state index is 12.3. The molecule has 8 heteroatoms. The van der Waals surface area contributed by atoms with E-state index in [1.807, 2.05) is 12.1 Å². The third-order valence-corrected chi connectivity index (χ3v) is 6.02. The van der Waals surface area contributed by atoms with E-state index in [1.54, 1.807) is 12.1 Å². The fraction of sp³-hybridized carbons (Fsp3) is 0.278. The van der Waals surface area contributed by atoms with Gasteiger partial charge in [0.2, 0.25) is 10.0 Å². The third-order valence-electron chi connectivity index (χ3n) is 4.05. The van der Waals surface area contributed by atoms with Crippen LogP contribution in [0.2, 0.25) is 0 Å². The molecule has 1 aliphatic heterocycles. The molecule has 1 amide bonds. The molecule has 0 aromatic heterocycles. The Morgan fingerprint density at radius 2 is 1.81 bits per heavy atom. The molecule has 1 saturated heterocycles. The van der Waals surface area contributed by atoms with Gasteiger partial charge in [-0.2, -0.15) is 0 Å². The van der Waals surface area contributed by atoms with Crippen molar-refractivity contribution in [3.63, 3.8) is 0 Å². The average molecular weight is 439 g/mol. The molecule has 2 aromatic carbocycles. The van der Waals surface area contributed by atoms with Gasteiger partial charge in [0, 0.05) is 28.9 Å². The zero-order chi connectivity index (χ0) is 18.6. The van der Waals surface area contributed by atoms with Crippen LogP contribution in [0.4, 0.5) is 5.69 Å². The second kappa shape index (κ2) is 8.30. The zero-order valence-corrected chi connectivity index (χ0v) is 16.3. The summed E-state index contributed by atoms with van der Waals surface area (Å²) >= 11 is 3.33. The maximum Gasteiger partial charge on any atom is 0.255 e. The molecule has 1 atom stereocenters. The average Bonchev–Trinajstić information content (AvgIpc) is 3.16. The van der Waals surface area contributed by atoms with Crippen LogP contribution >= 0.6 is 15.9 Å². The molecule has 0 radical (unpaired) electrons. The third kappa shape index (κ3) is 4.91. The Kier molecular flexibility index (Phi) is 6.08.